The molecular weight excluding hydrogens is 398 g/mol. The molecule has 2 aliphatic heterocycles. The molecular formula is C22H24N5O4+. The molecule has 0 radical (unpaired) electrons. The SMILES string of the molecule is CCCc1nnc(COC)n1Cc1ccc(C2=C[N+]3(OC(=O)O)C=CC=CC3=N2)cc1. The van der Waals surface area contributed by atoms with Crippen LogP contribution < -0.4 is 0 Å². The Hall–Kier alpha value is -3.56. The Morgan fingerprint density at radius 2 is 1.94 bits per heavy atom. The molecule has 0 spiro atoms. The summed E-state index contributed by atoms with van der Waals surface area (Å²) in [6.45, 7) is 3.16. The number of carboxylic acid groups (broad SMARTS) is 1. The van der Waals surface area contributed by atoms with E-state index in [2.05, 4.69) is 26.7 Å². The summed E-state index contributed by atoms with van der Waals surface area (Å²) >= 11 is 0. The molecule has 1 unspecified atom stereocenters. The number of ether oxygens (including phenoxy) is 1. The van der Waals surface area contributed by atoms with Crippen LogP contribution in [0.25, 0.3) is 5.70 Å². The second-order valence-electron chi connectivity index (χ2n) is 7.25. The number of aromatic nitrogens is 3. The minimum atomic E-state index is -1.37. The monoisotopic (exact) mass is 422 g/mol. The Morgan fingerprint density at radius 1 is 1.16 bits per heavy atom. The van der Waals surface area contributed by atoms with Crippen LogP contribution in [0, 0.1) is 0 Å². The normalized spacial score (nSPS) is 19.2. The molecule has 1 aromatic heterocycles. The fourth-order valence-electron chi connectivity index (χ4n) is 3.61. The first kappa shape index (κ1) is 20.7. The Bertz CT molecular complexity index is 1070. The Balaban J connectivity index is 1.58. The lowest BCUT2D eigenvalue weighted by molar-refractivity contribution is -0.930. The first-order valence-electron chi connectivity index (χ1n) is 10.0. The quantitative estimate of drug-likeness (QED) is 0.652. The molecule has 1 atom stereocenters. The van der Waals surface area contributed by atoms with E-state index in [1.54, 1.807) is 37.7 Å². The van der Waals surface area contributed by atoms with Gasteiger partial charge in [0.25, 0.3) is 5.84 Å². The second-order valence-corrected chi connectivity index (χ2v) is 7.25. The van der Waals surface area contributed by atoms with Crippen molar-refractivity contribution in [1.82, 2.24) is 14.8 Å². The predicted molar refractivity (Wildman–Crippen MR) is 113 cm³/mol. The van der Waals surface area contributed by atoms with Gasteiger partial charge >= 0.3 is 6.16 Å². The van der Waals surface area contributed by atoms with Gasteiger partial charge in [-0.3, -0.25) is 0 Å². The van der Waals surface area contributed by atoms with Crippen LogP contribution >= 0.6 is 0 Å². The van der Waals surface area contributed by atoms with Crippen LogP contribution in [-0.4, -0.2) is 43.6 Å². The summed E-state index contributed by atoms with van der Waals surface area (Å²) < 4.78 is 6.95. The maximum Gasteiger partial charge on any atom is 0.558 e. The van der Waals surface area contributed by atoms with Gasteiger partial charge in [-0.25, -0.2) is 4.84 Å². The van der Waals surface area contributed by atoms with Gasteiger partial charge in [0.15, 0.2) is 18.2 Å². The van der Waals surface area contributed by atoms with E-state index in [0.29, 0.717) is 24.7 Å². The summed E-state index contributed by atoms with van der Waals surface area (Å²) in [5, 5.41) is 17.7. The highest BCUT2D eigenvalue weighted by atomic mass is 16.8. The average molecular weight is 422 g/mol. The van der Waals surface area contributed by atoms with Crippen molar-refractivity contribution in [2.75, 3.05) is 7.11 Å². The van der Waals surface area contributed by atoms with Gasteiger partial charge in [0.2, 0.25) is 0 Å². The lowest BCUT2D eigenvalue weighted by atomic mass is 10.1. The van der Waals surface area contributed by atoms with E-state index < -0.39 is 10.8 Å². The molecule has 0 bridgehead atoms. The molecule has 1 aromatic carbocycles. The molecule has 160 valence electrons. The van der Waals surface area contributed by atoms with Gasteiger partial charge in [0, 0.05) is 25.2 Å². The molecule has 1 N–H and O–H groups in total. The number of allylic oxidation sites excluding steroid dienone is 2. The molecule has 0 fully saturated rings. The second kappa shape index (κ2) is 8.66. The Morgan fingerprint density at radius 3 is 2.65 bits per heavy atom. The van der Waals surface area contributed by atoms with E-state index in [9.17, 15) is 4.79 Å². The number of methoxy groups -OCH3 is 1. The average Bonchev–Trinajstić information content (AvgIpc) is 3.30. The molecule has 31 heavy (non-hydrogen) atoms. The number of aryl methyl sites for hydroxylation is 1. The van der Waals surface area contributed by atoms with E-state index in [0.717, 1.165) is 35.6 Å². The maximum absolute atomic E-state index is 11.2. The molecule has 9 nitrogen and oxygen atoms in total. The number of hydrogen-bond acceptors (Lipinski definition) is 6. The third-order valence-corrected chi connectivity index (χ3v) is 5.04. The van der Waals surface area contributed by atoms with Gasteiger partial charge in [0.05, 0.1) is 6.54 Å². The molecule has 0 aliphatic carbocycles. The summed E-state index contributed by atoms with van der Waals surface area (Å²) in [4.78, 5) is 20.9. The van der Waals surface area contributed by atoms with E-state index in [4.69, 9.17) is 14.7 Å². The lowest BCUT2D eigenvalue weighted by Crippen LogP contribution is -2.42. The summed E-state index contributed by atoms with van der Waals surface area (Å²) in [5.74, 6) is 2.23. The third-order valence-electron chi connectivity index (χ3n) is 5.04. The van der Waals surface area contributed by atoms with Gasteiger partial charge < -0.3 is 14.4 Å². The number of fused-ring (bicyclic) bond motifs is 1. The van der Waals surface area contributed by atoms with Crippen molar-refractivity contribution in [3.63, 3.8) is 0 Å². The van der Waals surface area contributed by atoms with Crippen LogP contribution in [0.3, 0.4) is 0 Å². The van der Waals surface area contributed by atoms with Gasteiger partial charge in [-0.15, -0.1) is 10.2 Å². The van der Waals surface area contributed by atoms with Crippen molar-refractivity contribution >= 4 is 17.7 Å². The smallest absolute Gasteiger partial charge is 0.446 e. The topological polar surface area (TPSA) is 98.8 Å². The van der Waals surface area contributed by atoms with Crippen molar-refractivity contribution in [2.24, 2.45) is 4.99 Å². The van der Waals surface area contributed by atoms with E-state index in [1.807, 2.05) is 24.3 Å². The highest BCUT2D eigenvalue weighted by Crippen LogP contribution is 2.32. The Labute approximate surface area is 179 Å². The molecule has 0 amide bonds. The number of quaternary nitrogens is 1. The summed E-state index contributed by atoms with van der Waals surface area (Å²) in [6, 6.07) is 7.98. The van der Waals surface area contributed by atoms with E-state index in [1.165, 1.54) is 0 Å². The van der Waals surface area contributed by atoms with Crippen LogP contribution in [0.1, 0.15) is 36.1 Å². The van der Waals surface area contributed by atoms with Crippen molar-refractivity contribution in [2.45, 2.75) is 32.9 Å². The molecule has 2 aliphatic rings. The van der Waals surface area contributed by atoms with Gasteiger partial charge in [-0.2, -0.15) is 9.79 Å². The van der Waals surface area contributed by atoms with Crippen molar-refractivity contribution in [1.29, 1.82) is 0 Å². The number of hydrogen-bond donors (Lipinski definition) is 1. The summed E-state index contributed by atoms with van der Waals surface area (Å²) in [7, 11) is 1.64. The lowest BCUT2D eigenvalue weighted by Gasteiger charge is -2.22. The van der Waals surface area contributed by atoms with Crippen molar-refractivity contribution < 1.29 is 24.1 Å². The molecule has 9 heteroatoms. The van der Waals surface area contributed by atoms with Crippen LogP contribution in [0.4, 0.5) is 4.79 Å². The first-order valence-corrected chi connectivity index (χ1v) is 10.0. The largest absolute Gasteiger partial charge is 0.558 e. The molecule has 0 saturated carbocycles. The fourth-order valence-corrected chi connectivity index (χ4v) is 3.61. The number of carbonyl (C=O) groups is 1. The van der Waals surface area contributed by atoms with Crippen LogP contribution in [0.2, 0.25) is 0 Å². The van der Waals surface area contributed by atoms with Gasteiger partial charge in [0.1, 0.15) is 18.1 Å². The van der Waals surface area contributed by atoms with Crippen LogP contribution in [0.5, 0.6) is 0 Å². The first-order chi connectivity index (χ1) is 15.0. The number of rotatable bonds is 8. The van der Waals surface area contributed by atoms with Crippen LogP contribution in [-0.2, 0) is 29.1 Å². The maximum atomic E-state index is 11.2. The zero-order chi connectivity index (χ0) is 21.8. The van der Waals surface area contributed by atoms with Crippen molar-refractivity contribution in [3.8, 4) is 0 Å². The van der Waals surface area contributed by atoms with Gasteiger partial charge in [-0.1, -0.05) is 31.2 Å². The van der Waals surface area contributed by atoms with E-state index >= 15 is 0 Å². The summed E-state index contributed by atoms with van der Waals surface area (Å²) in [6.07, 6.45) is 9.04. The number of amidine groups is 1. The molecule has 2 aromatic rings. The number of hydroxylamine groups is 3. The highest BCUT2D eigenvalue weighted by molar-refractivity contribution is 5.96. The standard InChI is InChI=1S/C22H23N5O4/c1-3-6-19-24-25-20(15-30-2)26(19)13-16-8-10-17(11-9-16)18-14-27(31-22(28)29)12-5-4-7-21(27)23-18/h4-5,7-12,14H,3,6,13,15H2,1-2H3/p+1. The molecule has 4 rings (SSSR count). The fraction of sp³-hybridized carbons (Fsp3) is 0.273. The zero-order valence-corrected chi connectivity index (χ0v) is 17.4. The summed E-state index contributed by atoms with van der Waals surface area (Å²) in [5.41, 5.74) is 2.61. The number of aliphatic imine (C=N–C) groups is 1. The van der Waals surface area contributed by atoms with Gasteiger partial charge in [-0.05, 0) is 28.8 Å². The van der Waals surface area contributed by atoms with E-state index in [-0.39, 0.29) is 0 Å². The zero-order valence-electron chi connectivity index (χ0n) is 17.4. The minimum Gasteiger partial charge on any atom is -0.446 e. The minimum absolute atomic E-state index is 0.398. The third kappa shape index (κ3) is 4.18. The van der Waals surface area contributed by atoms with Crippen molar-refractivity contribution in [3.05, 3.63) is 77.7 Å². The Kier molecular flexibility index (Phi) is 5.79. The molecule has 0 saturated heterocycles. The predicted octanol–water partition coefficient (Wildman–Crippen LogP) is 3.65. The highest BCUT2D eigenvalue weighted by Gasteiger charge is 2.42. The van der Waals surface area contributed by atoms with Crippen LogP contribution in [0.15, 0.2) is 59.9 Å². The number of benzene rings is 1. The number of nitrogens with zero attached hydrogens (tertiary/aromatic N) is 5. The molecule has 3 heterocycles.